The molecule has 3 heterocycles. The van der Waals surface area contributed by atoms with E-state index in [2.05, 4.69) is 32.0 Å². The molecule has 1 aliphatic heterocycles. The zero-order chi connectivity index (χ0) is 25.8. The van der Waals surface area contributed by atoms with Crippen LogP contribution in [0, 0.1) is 6.92 Å². The van der Waals surface area contributed by atoms with Crippen LogP contribution >= 0.6 is 0 Å². The number of hydrogen-bond donors (Lipinski definition) is 4. The maximum Gasteiger partial charge on any atom is 0.228 e. The smallest absolute Gasteiger partial charge is 0.228 e. The van der Waals surface area contributed by atoms with Gasteiger partial charge in [0.1, 0.15) is 5.75 Å². The molecular formula is C29H34N6O2. The van der Waals surface area contributed by atoms with E-state index in [1.165, 1.54) is 0 Å². The first-order valence-corrected chi connectivity index (χ1v) is 12.8. The van der Waals surface area contributed by atoms with Crippen molar-refractivity contribution >= 4 is 22.4 Å². The Bertz CT molecular complexity index is 1380. The molecular weight excluding hydrogens is 464 g/mol. The lowest BCUT2D eigenvalue weighted by Crippen LogP contribution is -2.38. The highest BCUT2D eigenvalue weighted by Gasteiger charge is 2.18. The van der Waals surface area contributed by atoms with Gasteiger partial charge in [-0.2, -0.15) is 0 Å². The van der Waals surface area contributed by atoms with Crippen LogP contribution in [0.15, 0.2) is 60.9 Å². The summed E-state index contributed by atoms with van der Waals surface area (Å²) in [5.74, 6) is 1.83. The molecule has 2 aromatic heterocycles. The molecule has 5 rings (SSSR count). The summed E-state index contributed by atoms with van der Waals surface area (Å²) in [6.45, 7) is 7.99. The van der Waals surface area contributed by atoms with E-state index >= 15 is 0 Å². The van der Waals surface area contributed by atoms with Crippen LogP contribution in [0.25, 0.3) is 22.0 Å². The number of rotatable bonds is 8. The number of nitrogens with one attached hydrogen (secondary N) is 3. The second kappa shape index (κ2) is 10.7. The Labute approximate surface area is 217 Å². The minimum Gasteiger partial charge on any atom is -0.437 e. The highest BCUT2D eigenvalue weighted by molar-refractivity contribution is 5.98. The molecule has 0 amide bonds. The fraction of sp³-hybridized carbons (Fsp3) is 0.345. The van der Waals surface area contributed by atoms with Crippen molar-refractivity contribution < 1.29 is 9.84 Å². The molecule has 1 atom stereocenters. The molecule has 192 valence electrons. The number of nitrogens with zero attached hydrogens (tertiary/aromatic N) is 3. The van der Waals surface area contributed by atoms with Crippen LogP contribution in [-0.2, 0) is 0 Å². The van der Waals surface area contributed by atoms with E-state index < -0.39 is 5.60 Å². The molecule has 1 saturated heterocycles. The number of fused-ring (bicyclic) bond motifs is 1. The van der Waals surface area contributed by atoms with Gasteiger partial charge in [0.15, 0.2) is 0 Å². The number of aliphatic hydroxyl groups is 1. The summed E-state index contributed by atoms with van der Waals surface area (Å²) in [7, 11) is 0. The summed E-state index contributed by atoms with van der Waals surface area (Å²) >= 11 is 0. The van der Waals surface area contributed by atoms with Crippen molar-refractivity contribution in [1.29, 1.82) is 0 Å². The Morgan fingerprint density at radius 1 is 1.05 bits per heavy atom. The van der Waals surface area contributed by atoms with Crippen LogP contribution in [-0.4, -0.2) is 51.3 Å². The second-order valence-electron chi connectivity index (χ2n) is 10.2. The first-order valence-electron chi connectivity index (χ1n) is 12.8. The molecule has 0 saturated carbocycles. The van der Waals surface area contributed by atoms with Crippen LogP contribution in [0.2, 0.25) is 0 Å². The predicted molar refractivity (Wildman–Crippen MR) is 148 cm³/mol. The number of anilines is 2. The van der Waals surface area contributed by atoms with Crippen LogP contribution in [0.5, 0.6) is 11.6 Å². The molecule has 0 aliphatic carbocycles. The van der Waals surface area contributed by atoms with E-state index in [1.807, 2.05) is 49.4 Å². The van der Waals surface area contributed by atoms with Crippen molar-refractivity contribution in [2.75, 3.05) is 30.3 Å². The van der Waals surface area contributed by atoms with Gasteiger partial charge in [-0.25, -0.2) is 15.0 Å². The molecule has 2 aromatic carbocycles. The molecule has 1 aliphatic rings. The number of benzene rings is 2. The summed E-state index contributed by atoms with van der Waals surface area (Å²) in [6.07, 6.45) is 5.72. The van der Waals surface area contributed by atoms with E-state index in [0.717, 1.165) is 65.0 Å². The highest BCUT2D eigenvalue weighted by Crippen LogP contribution is 2.38. The van der Waals surface area contributed by atoms with Crippen LogP contribution in [0.1, 0.15) is 32.3 Å². The number of ether oxygens (including phenoxy) is 1. The van der Waals surface area contributed by atoms with Crippen molar-refractivity contribution in [2.45, 2.75) is 45.3 Å². The summed E-state index contributed by atoms with van der Waals surface area (Å²) in [5, 5.41) is 22.4. The van der Waals surface area contributed by atoms with E-state index in [1.54, 1.807) is 26.2 Å². The van der Waals surface area contributed by atoms with Gasteiger partial charge < -0.3 is 25.8 Å². The molecule has 8 nitrogen and oxygen atoms in total. The van der Waals surface area contributed by atoms with Crippen molar-refractivity contribution in [3.05, 3.63) is 66.5 Å². The molecule has 1 fully saturated rings. The zero-order valence-electron chi connectivity index (χ0n) is 21.6. The molecule has 0 radical (unpaired) electrons. The lowest BCUT2D eigenvalue weighted by molar-refractivity contribution is 0.0945. The van der Waals surface area contributed by atoms with Gasteiger partial charge in [-0.15, -0.1) is 0 Å². The fourth-order valence-electron chi connectivity index (χ4n) is 4.54. The highest BCUT2D eigenvalue weighted by atomic mass is 16.5. The molecule has 0 spiro atoms. The second-order valence-corrected chi connectivity index (χ2v) is 10.2. The van der Waals surface area contributed by atoms with Gasteiger partial charge in [0.25, 0.3) is 0 Å². The number of pyridine rings is 1. The lowest BCUT2D eigenvalue weighted by Gasteiger charge is -2.23. The van der Waals surface area contributed by atoms with Crippen LogP contribution in [0.4, 0.5) is 11.6 Å². The van der Waals surface area contributed by atoms with E-state index in [-0.39, 0.29) is 0 Å². The molecule has 8 heteroatoms. The van der Waals surface area contributed by atoms with Gasteiger partial charge in [0, 0.05) is 48.0 Å². The monoisotopic (exact) mass is 498 g/mol. The van der Waals surface area contributed by atoms with E-state index in [9.17, 15) is 5.11 Å². The summed E-state index contributed by atoms with van der Waals surface area (Å²) < 4.78 is 6.52. The predicted octanol–water partition coefficient (Wildman–Crippen LogP) is 5.14. The number of piperidine rings is 1. The number of hydrogen-bond acceptors (Lipinski definition) is 8. The minimum absolute atomic E-state index is 0.311. The van der Waals surface area contributed by atoms with Gasteiger partial charge in [0.2, 0.25) is 11.8 Å². The molecule has 4 N–H and O–H groups in total. The van der Waals surface area contributed by atoms with Crippen molar-refractivity contribution in [2.24, 2.45) is 0 Å². The molecule has 0 bridgehead atoms. The third kappa shape index (κ3) is 5.98. The van der Waals surface area contributed by atoms with Crippen molar-refractivity contribution in [3.8, 4) is 22.9 Å². The topological polar surface area (TPSA) is 104 Å². The average Bonchev–Trinajstić information content (AvgIpc) is 2.89. The van der Waals surface area contributed by atoms with Crippen LogP contribution in [0.3, 0.4) is 0 Å². The Kier molecular flexibility index (Phi) is 7.21. The molecule has 1 unspecified atom stereocenters. The normalized spacial score (nSPS) is 15.9. The van der Waals surface area contributed by atoms with Gasteiger partial charge in [0.05, 0.1) is 16.9 Å². The van der Waals surface area contributed by atoms with Gasteiger partial charge >= 0.3 is 0 Å². The SMILES string of the molecule is Cc1ccc2c(NCC(C)(C)O)cccc2c1Oc1ncccc1-c1ccnc(NC2CCCNC2)n1. The maximum atomic E-state index is 10.2. The third-order valence-electron chi connectivity index (χ3n) is 6.45. The Hall–Kier alpha value is -3.75. The van der Waals surface area contributed by atoms with Crippen molar-refractivity contribution in [3.63, 3.8) is 0 Å². The Morgan fingerprint density at radius 2 is 1.95 bits per heavy atom. The summed E-state index contributed by atoms with van der Waals surface area (Å²) in [5.41, 5.74) is 2.65. The minimum atomic E-state index is -0.826. The first kappa shape index (κ1) is 24.9. The molecule has 4 aromatic rings. The third-order valence-corrected chi connectivity index (χ3v) is 6.45. The summed E-state index contributed by atoms with van der Waals surface area (Å²) in [4.78, 5) is 13.8. The first-order chi connectivity index (χ1) is 17.9. The van der Waals surface area contributed by atoms with Gasteiger partial charge in [-0.05, 0) is 70.0 Å². The van der Waals surface area contributed by atoms with E-state index in [0.29, 0.717) is 24.4 Å². The quantitative estimate of drug-likeness (QED) is 0.265. The fourth-order valence-corrected chi connectivity index (χ4v) is 4.54. The number of aromatic nitrogens is 3. The summed E-state index contributed by atoms with van der Waals surface area (Å²) in [6, 6.07) is 16.2. The lowest BCUT2D eigenvalue weighted by atomic mass is 10.0. The Balaban J connectivity index is 1.47. The zero-order valence-corrected chi connectivity index (χ0v) is 21.6. The van der Waals surface area contributed by atoms with Gasteiger partial charge in [-0.3, -0.25) is 0 Å². The maximum absolute atomic E-state index is 10.2. The van der Waals surface area contributed by atoms with E-state index in [4.69, 9.17) is 9.72 Å². The van der Waals surface area contributed by atoms with Crippen LogP contribution < -0.4 is 20.7 Å². The number of aryl methyl sites for hydroxylation is 1. The average molecular weight is 499 g/mol. The van der Waals surface area contributed by atoms with Gasteiger partial charge in [-0.1, -0.05) is 24.3 Å². The Morgan fingerprint density at radius 3 is 2.76 bits per heavy atom. The standard InChI is InChI=1S/C29H34N6O2/c1-19-11-12-21-22(8-4-10-24(21)33-18-29(2,3)36)26(19)37-27-23(9-6-15-31-27)25-13-16-32-28(35-25)34-20-7-5-14-30-17-20/h4,6,8-13,15-16,20,30,33,36H,5,7,14,17-18H2,1-3H3,(H,32,34,35). The largest absolute Gasteiger partial charge is 0.437 e. The van der Waals surface area contributed by atoms with Crippen molar-refractivity contribution in [1.82, 2.24) is 20.3 Å². The molecule has 37 heavy (non-hydrogen) atoms.